The first kappa shape index (κ1) is 21.9. The van der Waals surface area contributed by atoms with Gasteiger partial charge in [0.1, 0.15) is 0 Å². The molecule has 0 bridgehead atoms. The maximum Gasteiger partial charge on any atom is 0.236 e. The summed E-state index contributed by atoms with van der Waals surface area (Å²) in [6.07, 6.45) is 1.75. The van der Waals surface area contributed by atoms with Crippen LogP contribution in [0.3, 0.4) is 0 Å². The normalized spacial score (nSPS) is 18.0. The summed E-state index contributed by atoms with van der Waals surface area (Å²) in [7, 11) is -3.35. The lowest BCUT2D eigenvalue weighted by Gasteiger charge is -2.26. The van der Waals surface area contributed by atoms with E-state index in [9.17, 15) is 8.42 Å². The van der Waals surface area contributed by atoms with Gasteiger partial charge in [-0.3, -0.25) is 14.2 Å². The molecule has 0 amide bonds. The first-order chi connectivity index (χ1) is 14.1. The monoisotopic (exact) mass is 423 g/mol. The standard InChI is InChI=1S/C20H33N5O3S/c1-2-21-20(22-9-5-11-24-13-15-28-16-14-24)23-10-17-29(26,27)25-12-8-18-6-3-4-7-19(18)25/h3-4,6-7H,2,5,8-17H2,1H3,(H2,21,22,23). The van der Waals surface area contributed by atoms with Crippen molar-refractivity contribution in [2.45, 2.75) is 19.8 Å². The Kier molecular flexibility index (Phi) is 8.14. The molecule has 3 rings (SSSR count). The average Bonchev–Trinajstić information content (AvgIpc) is 3.17. The van der Waals surface area contributed by atoms with Gasteiger partial charge in [-0.15, -0.1) is 0 Å². The van der Waals surface area contributed by atoms with Crippen LogP contribution in [-0.4, -0.2) is 84.1 Å². The fourth-order valence-corrected chi connectivity index (χ4v) is 5.08. The van der Waals surface area contributed by atoms with Crippen LogP contribution in [0.25, 0.3) is 0 Å². The minimum absolute atomic E-state index is 0.0412. The molecular weight excluding hydrogens is 390 g/mol. The number of fused-ring (bicyclic) bond motifs is 1. The minimum Gasteiger partial charge on any atom is -0.379 e. The summed E-state index contributed by atoms with van der Waals surface area (Å²) in [5.74, 6) is 0.714. The van der Waals surface area contributed by atoms with Crippen LogP contribution in [0, 0.1) is 0 Å². The second kappa shape index (κ2) is 10.8. The van der Waals surface area contributed by atoms with Crippen molar-refractivity contribution in [3.8, 4) is 0 Å². The maximum absolute atomic E-state index is 12.8. The Morgan fingerprint density at radius 2 is 1.97 bits per heavy atom. The van der Waals surface area contributed by atoms with Crippen molar-refractivity contribution in [3.63, 3.8) is 0 Å². The zero-order valence-electron chi connectivity index (χ0n) is 17.3. The number of guanidine groups is 1. The Morgan fingerprint density at radius 1 is 1.17 bits per heavy atom. The Bertz CT molecular complexity index is 778. The first-order valence-corrected chi connectivity index (χ1v) is 12.1. The molecule has 0 radical (unpaired) electrons. The highest BCUT2D eigenvalue weighted by molar-refractivity contribution is 7.92. The number of nitrogens with zero attached hydrogens (tertiary/aromatic N) is 3. The van der Waals surface area contributed by atoms with Gasteiger partial charge >= 0.3 is 0 Å². The molecule has 2 aliphatic heterocycles. The Labute approximate surface area is 174 Å². The van der Waals surface area contributed by atoms with Crippen molar-refractivity contribution >= 4 is 21.7 Å². The molecule has 0 spiro atoms. The van der Waals surface area contributed by atoms with Crippen LogP contribution in [0.5, 0.6) is 0 Å². The second-order valence-corrected chi connectivity index (χ2v) is 9.27. The number of para-hydroxylation sites is 1. The lowest BCUT2D eigenvalue weighted by Crippen LogP contribution is -2.42. The molecule has 0 aromatic heterocycles. The number of nitrogens with one attached hydrogen (secondary N) is 2. The zero-order chi connectivity index (χ0) is 20.5. The molecule has 0 aliphatic carbocycles. The molecule has 8 nitrogen and oxygen atoms in total. The molecule has 2 heterocycles. The lowest BCUT2D eigenvalue weighted by molar-refractivity contribution is 0.0377. The summed E-state index contributed by atoms with van der Waals surface area (Å²) in [6, 6.07) is 7.72. The second-order valence-electron chi connectivity index (χ2n) is 7.26. The van der Waals surface area contributed by atoms with E-state index in [2.05, 4.69) is 20.5 Å². The molecule has 162 valence electrons. The van der Waals surface area contributed by atoms with Crippen molar-refractivity contribution in [2.24, 2.45) is 4.99 Å². The van der Waals surface area contributed by atoms with Crippen LogP contribution in [-0.2, 0) is 21.2 Å². The zero-order valence-corrected chi connectivity index (χ0v) is 18.1. The molecule has 29 heavy (non-hydrogen) atoms. The van der Waals surface area contributed by atoms with Crippen LogP contribution in [0.1, 0.15) is 18.9 Å². The maximum atomic E-state index is 12.8. The van der Waals surface area contributed by atoms with E-state index in [1.165, 1.54) is 4.31 Å². The summed E-state index contributed by atoms with van der Waals surface area (Å²) >= 11 is 0. The van der Waals surface area contributed by atoms with Crippen LogP contribution in [0.2, 0.25) is 0 Å². The van der Waals surface area contributed by atoms with Gasteiger partial charge in [0.05, 0.1) is 24.7 Å². The van der Waals surface area contributed by atoms with E-state index < -0.39 is 10.0 Å². The summed E-state index contributed by atoms with van der Waals surface area (Å²) in [5, 5.41) is 6.35. The van der Waals surface area contributed by atoms with Gasteiger partial charge in [-0.2, -0.15) is 0 Å². The lowest BCUT2D eigenvalue weighted by atomic mass is 10.2. The quantitative estimate of drug-likeness (QED) is 0.345. The Balaban J connectivity index is 1.44. The molecule has 0 saturated carbocycles. The molecule has 1 saturated heterocycles. The smallest absolute Gasteiger partial charge is 0.236 e. The van der Waals surface area contributed by atoms with Crippen molar-refractivity contribution in [2.75, 3.05) is 69.1 Å². The van der Waals surface area contributed by atoms with Gasteiger partial charge in [-0.1, -0.05) is 18.2 Å². The topological polar surface area (TPSA) is 86.3 Å². The van der Waals surface area contributed by atoms with E-state index >= 15 is 0 Å². The molecule has 1 fully saturated rings. The van der Waals surface area contributed by atoms with Gasteiger partial charge in [0, 0.05) is 45.8 Å². The Hall–Kier alpha value is -1.84. The van der Waals surface area contributed by atoms with Crippen molar-refractivity contribution in [3.05, 3.63) is 29.8 Å². The number of hydrogen-bond acceptors (Lipinski definition) is 5. The first-order valence-electron chi connectivity index (χ1n) is 10.5. The van der Waals surface area contributed by atoms with Crippen molar-refractivity contribution in [1.29, 1.82) is 0 Å². The molecule has 1 aromatic rings. The van der Waals surface area contributed by atoms with Gasteiger partial charge in [0.15, 0.2) is 5.96 Å². The summed E-state index contributed by atoms with van der Waals surface area (Å²) in [5.41, 5.74) is 1.91. The van der Waals surface area contributed by atoms with Gasteiger partial charge in [0.2, 0.25) is 10.0 Å². The fourth-order valence-electron chi connectivity index (χ4n) is 3.66. The van der Waals surface area contributed by atoms with E-state index in [0.717, 1.165) is 63.5 Å². The van der Waals surface area contributed by atoms with E-state index in [1.807, 2.05) is 31.2 Å². The third kappa shape index (κ3) is 6.32. The number of hydrogen-bond donors (Lipinski definition) is 2. The predicted octanol–water partition coefficient (Wildman–Crippen LogP) is 0.656. The molecule has 9 heteroatoms. The number of morpholine rings is 1. The largest absolute Gasteiger partial charge is 0.379 e. The van der Waals surface area contributed by atoms with Crippen molar-refractivity contribution in [1.82, 2.24) is 15.5 Å². The molecule has 0 unspecified atom stereocenters. The van der Waals surface area contributed by atoms with Gasteiger partial charge in [-0.05, 0) is 31.4 Å². The van der Waals surface area contributed by atoms with Gasteiger partial charge < -0.3 is 15.4 Å². The number of rotatable bonds is 9. The van der Waals surface area contributed by atoms with E-state index in [0.29, 0.717) is 25.6 Å². The SMILES string of the molecule is CCNC(=NCCCN1CCOCC1)NCCS(=O)(=O)N1CCc2ccccc21. The fraction of sp³-hybridized carbons (Fsp3) is 0.650. The highest BCUT2D eigenvalue weighted by atomic mass is 32.2. The number of aliphatic imine (C=N–C) groups is 1. The van der Waals surface area contributed by atoms with Gasteiger partial charge in [-0.25, -0.2) is 8.42 Å². The molecule has 2 aliphatic rings. The molecular formula is C20H33N5O3S. The summed E-state index contributed by atoms with van der Waals surface area (Å²) < 4.78 is 32.5. The van der Waals surface area contributed by atoms with Crippen LogP contribution in [0.15, 0.2) is 29.3 Å². The third-order valence-corrected chi connectivity index (χ3v) is 6.95. The van der Waals surface area contributed by atoms with Gasteiger partial charge in [0.25, 0.3) is 0 Å². The number of anilines is 1. The van der Waals surface area contributed by atoms with Crippen LogP contribution >= 0.6 is 0 Å². The minimum atomic E-state index is -3.35. The highest BCUT2D eigenvalue weighted by Gasteiger charge is 2.28. The van der Waals surface area contributed by atoms with E-state index in [-0.39, 0.29) is 5.75 Å². The van der Waals surface area contributed by atoms with Crippen LogP contribution in [0.4, 0.5) is 5.69 Å². The molecule has 2 N–H and O–H groups in total. The molecule has 0 atom stereocenters. The predicted molar refractivity (Wildman–Crippen MR) is 117 cm³/mol. The van der Waals surface area contributed by atoms with E-state index in [4.69, 9.17) is 4.74 Å². The number of ether oxygens (including phenoxy) is 1. The number of benzene rings is 1. The average molecular weight is 424 g/mol. The van der Waals surface area contributed by atoms with E-state index in [1.54, 1.807) is 0 Å². The Morgan fingerprint density at radius 3 is 2.76 bits per heavy atom. The third-order valence-electron chi connectivity index (χ3n) is 5.18. The molecule has 1 aromatic carbocycles. The highest BCUT2D eigenvalue weighted by Crippen LogP contribution is 2.29. The number of sulfonamides is 1. The summed E-state index contributed by atoms with van der Waals surface area (Å²) in [6.45, 7) is 8.90. The van der Waals surface area contributed by atoms with Crippen LogP contribution < -0.4 is 14.9 Å². The van der Waals surface area contributed by atoms with Crippen molar-refractivity contribution < 1.29 is 13.2 Å². The summed E-state index contributed by atoms with van der Waals surface area (Å²) in [4.78, 5) is 6.97.